The van der Waals surface area contributed by atoms with Crippen LogP contribution in [0.1, 0.15) is 40.0 Å². The Hall–Kier alpha value is -3.24. The third-order valence-electron chi connectivity index (χ3n) is 4.81. The molecule has 0 radical (unpaired) electrons. The van der Waals surface area contributed by atoms with Crippen molar-refractivity contribution in [2.75, 3.05) is 19.6 Å². The summed E-state index contributed by atoms with van der Waals surface area (Å²) < 4.78 is 26.4. The monoisotopic (exact) mass is 444 g/mol. The van der Waals surface area contributed by atoms with Gasteiger partial charge in [-0.25, -0.2) is 8.42 Å². The molecule has 1 aliphatic heterocycles. The van der Waals surface area contributed by atoms with E-state index in [2.05, 4.69) is 16.2 Å². The van der Waals surface area contributed by atoms with Gasteiger partial charge in [0.25, 0.3) is 11.8 Å². The molecule has 0 unspecified atom stereocenters. The molecule has 1 heterocycles. The minimum Gasteiger partial charge on any atom is -0.352 e. The van der Waals surface area contributed by atoms with E-state index in [1.807, 2.05) is 0 Å². The Morgan fingerprint density at radius 1 is 0.806 bits per heavy atom. The van der Waals surface area contributed by atoms with Gasteiger partial charge in [-0.15, -0.1) is 0 Å². The Labute approximate surface area is 180 Å². The van der Waals surface area contributed by atoms with Crippen molar-refractivity contribution >= 4 is 27.7 Å². The van der Waals surface area contributed by atoms with Gasteiger partial charge in [0, 0.05) is 37.2 Å². The van der Waals surface area contributed by atoms with Crippen LogP contribution in [0.4, 0.5) is 0 Å². The minimum atomic E-state index is -3.55. The highest BCUT2D eigenvalue weighted by molar-refractivity contribution is 7.89. The highest BCUT2D eigenvalue weighted by Gasteiger charge is 2.27. The lowest BCUT2D eigenvalue weighted by molar-refractivity contribution is -0.121. The molecule has 2 aromatic carbocycles. The van der Waals surface area contributed by atoms with Gasteiger partial charge in [-0.2, -0.15) is 4.31 Å². The van der Waals surface area contributed by atoms with Gasteiger partial charge in [0.2, 0.25) is 15.9 Å². The van der Waals surface area contributed by atoms with E-state index >= 15 is 0 Å². The first kappa shape index (κ1) is 22.4. The predicted octanol–water partition coefficient (Wildman–Crippen LogP) is 1.05. The van der Waals surface area contributed by atoms with E-state index in [1.165, 1.54) is 28.6 Å². The van der Waals surface area contributed by atoms with Crippen LogP contribution >= 0.6 is 0 Å². The van der Waals surface area contributed by atoms with Gasteiger partial charge in [0.15, 0.2) is 0 Å². The average Bonchev–Trinajstić information content (AvgIpc) is 3.34. The van der Waals surface area contributed by atoms with Gasteiger partial charge < -0.3 is 5.32 Å². The van der Waals surface area contributed by atoms with Crippen LogP contribution in [0, 0.1) is 0 Å². The summed E-state index contributed by atoms with van der Waals surface area (Å²) in [6.45, 7) is 1.11. The summed E-state index contributed by atoms with van der Waals surface area (Å²) in [6.07, 6.45) is 1.66. The third-order valence-corrected chi connectivity index (χ3v) is 6.72. The van der Waals surface area contributed by atoms with E-state index in [0.29, 0.717) is 18.7 Å². The molecule has 0 aromatic heterocycles. The first-order chi connectivity index (χ1) is 14.9. The maximum Gasteiger partial charge on any atom is 0.269 e. The number of rotatable bonds is 7. The maximum atomic E-state index is 12.5. The Bertz CT molecular complexity index is 1030. The molecule has 1 fully saturated rings. The number of benzene rings is 2. The lowest BCUT2D eigenvalue weighted by atomic mass is 10.2. The molecule has 31 heavy (non-hydrogen) atoms. The maximum absolute atomic E-state index is 12.5. The van der Waals surface area contributed by atoms with Crippen molar-refractivity contribution in [2.45, 2.75) is 24.2 Å². The Kier molecular flexibility index (Phi) is 7.37. The second kappa shape index (κ2) is 10.2. The summed E-state index contributed by atoms with van der Waals surface area (Å²) in [4.78, 5) is 36.1. The van der Waals surface area contributed by atoms with E-state index in [-0.39, 0.29) is 29.3 Å². The summed E-state index contributed by atoms with van der Waals surface area (Å²) in [6, 6.07) is 14.2. The fourth-order valence-corrected chi connectivity index (χ4v) is 4.62. The Morgan fingerprint density at radius 2 is 1.42 bits per heavy atom. The van der Waals surface area contributed by atoms with Gasteiger partial charge in [0.1, 0.15) is 0 Å². The topological polar surface area (TPSA) is 125 Å². The number of amides is 3. The number of nitrogens with zero attached hydrogens (tertiary/aromatic N) is 1. The van der Waals surface area contributed by atoms with Crippen LogP contribution in [0.5, 0.6) is 0 Å². The second-order valence-electron chi connectivity index (χ2n) is 7.01. The zero-order chi connectivity index (χ0) is 22.3. The zero-order valence-electron chi connectivity index (χ0n) is 16.8. The third kappa shape index (κ3) is 5.89. The van der Waals surface area contributed by atoms with Gasteiger partial charge >= 0.3 is 0 Å². The van der Waals surface area contributed by atoms with Crippen LogP contribution in [0.25, 0.3) is 0 Å². The van der Waals surface area contributed by atoms with Crippen LogP contribution in [-0.4, -0.2) is 50.1 Å². The standard InChI is InChI=1S/C21H24N4O5S/c26-19(12-13-22-20(27)16-6-2-1-3-7-16)23-24-21(28)17-8-10-18(11-9-17)31(29,30)25-14-4-5-15-25/h1-3,6-11H,4-5,12-15H2,(H,22,27)(H,23,26)(H,24,28). The van der Waals surface area contributed by atoms with Gasteiger partial charge in [-0.1, -0.05) is 18.2 Å². The van der Waals surface area contributed by atoms with E-state index in [1.54, 1.807) is 30.3 Å². The predicted molar refractivity (Wildman–Crippen MR) is 113 cm³/mol. The summed E-state index contributed by atoms with van der Waals surface area (Å²) >= 11 is 0. The minimum absolute atomic E-state index is 0.0220. The van der Waals surface area contributed by atoms with Crippen LogP contribution in [0.15, 0.2) is 59.5 Å². The largest absolute Gasteiger partial charge is 0.352 e. The number of carbonyl (C=O) groups is 3. The highest BCUT2D eigenvalue weighted by Crippen LogP contribution is 2.21. The normalized spacial score (nSPS) is 14.1. The fourth-order valence-electron chi connectivity index (χ4n) is 3.10. The molecule has 10 heteroatoms. The van der Waals surface area contributed by atoms with Crippen molar-refractivity contribution in [3.05, 3.63) is 65.7 Å². The molecule has 0 bridgehead atoms. The van der Waals surface area contributed by atoms with Crippen LogP contribution < -0.4 is 16.2 Å². The molecule has 0 atom stereocenters. The van der Waals surface area contributed by atoms with Gasteiger partial charge in [0.05, 0.1) is 4.90 Å². The molecule has 0 aliphatic carbocycles. The number of hydrazine groups is 1. The van der Waals surface area contributed by atoms with Crippen molar-refractivity contribution < 1.29 is 22.8 Å². The molecule has 1 saturated heterocycles. The smallest absolute Gasteiger partial charge is 0.269 e. The van der Waals surface area contributed by atoms with Crippen molar-refractivity contribution in [3.8, 4) is 0 Å². The quantitative estimate of drug-likeness (QED) is 0.551. The fraction of sp³-hybridized carbons (Fsp3) is 0.286. The second-order valence-corrected chi connectivity index (χ2v) is 8.95. The van der Waals surface area contributed by atoms with E-state index in [0.717, 1.165) is 12.8 Å². The summed E-state index contributed by atoms with van der Waals surface area (Å²) in [7, 11) is -3.55. The molecular formula is C21H24N4O5S. The number of carbonyl (C=O) groups excluding carboxylic acids is 3. The van der Waals surface area contributed by atoms with Crippen molar-refractivity contribution in [2.24, 2.45) is 0 Å². The molecule has 3 amide bonds. The first-order valence-corrected chi connectivity index (χ1v) is 11.3. The molecule has 3 N–H and O–H groups in total. The van der Waals surface area contributed by atoms with Crippen molar-refractivity contribution in [1.82, 2.24) is 20.5 Å². The van der Waals surface area contributed by atoms with Crippen LogP contribution in [0.2, 0.25) is 0 Å². The molecule has 0 spiro atoms. The number of hydrogen-bond acceptors (Lipinski definition) is 5. The number of sulfonamides is 1. The highest BCUT2D eigenvalue weighted by atomic mass is 32.2. The first-order valence-electron chi connectivity index (χ1n) is 9.90. The molecule has 164 valence electrons. The molecule has 3 rings (SSSR count). The number of nitrogens with one attached hydrogen (secondary N) is 3. The summed E-state index contributed by atoms with van der Waals surface area (Å²) in [5.41, 5.74) is 5.24. The zero-order valence-corrected chi connectivity index (χ0v) is 17.7. The van der Waals surface area contributed by atoms with Gasteiger partial charge in [-0.3, -0.25) is 25.2 Å². The van der Waals surface area contributed by atoms with E-state index in [4.69, 9.17) is 0 Å². The number of hydrogen-bond donors (Lipinski definition) is 3. The van der Waals surface area contributed by atoms with Gasteiger partial charge in [-0.05, 0) is 49.2 Å². The molecule has 0 saturated carbocycles. The SMILES string of the molecule is O=C(CCNC(=O)c1ccccc1)NNC(=O)c1ccc(S(=O)(=O)N2CCCC2)cc1. The van der Waals surface area contributed by atoms with Crippen LogP contribution in [-0.2, 0) is 14.8 Å². The summed E-state index contributed by atoms with van der Waals surface area (Å²) in [5.74, 6) is -1.34. The van der Waals surface area contributed by atoms with Crippen LogP contribution in [0.3, 0.4) is 0 Å². The molecular weight excluding hydrogens is 420 g/mol. The van der Waals surface area contributed by atoms with Crippen molar-refractivity contribution in [1.29, 1.82) is 0 Å². The lowest BCUT2D eigenvalue weighted by Crippen LogP contribution is -2.42. The summed E-state index contributed by atoms with van der Waals surface area (Å²) in [5, 5.41) is 2.62. The molecule has 1 aliphatic rings. The lowest BCUT2D eigenvalue weighted by Gasteiger charge is -2.15. The molecule has 9 nitrogen and oxygen atoms in total. The molecule has 2 aromatic rings. The van der Waals surface area contributed by atoms with Crippen molar-refractivity contribution in [3.63, 3.8) is 0 Å². The Balaban J connectivity index is 1.43. The Morgan fingerprint density at radius 3 is 2.06 bits per heavy atom. The average molecular weight is 445 g/mol. The van der Waals surface area contributed by atoms with E-state index in [9.17, 15) is 22.8 Å². The van der Waals surface area contributed by atoms with E-state index < -0.39 is 21.8 Å².